The average Bonchev–Trinajstić information content (AvgIpc) is 3.16. The Hall–Kier alpha value is -1.93. The third-order valence-electron chi connectivity index (χ3n) is 3.03. The SMILES string of the molecule is CS(=O)(=O)c1ccc(/C=C/c2nc(C3CCCO3)no2)o1. The van der Waals surface area contributed by atoms with E-state index in [1.165, 1.54) is 6.07 Å². The molecular formula is C13H14N2O5S. The van der Waals surface area contributed by atoms with E-state index in [2.05, 4.69) is 10.1 Å². The van der Waals surface area contributed by atoms with Crippen molar-refractivity contribution >= 4 is 22.0 Å². The Labute approximate surface area is 121 Å². The minimum Gasteiger partial charge on any atom is -0.445 e. The fourth-order valence-corrected chi connectivity index (χ4v) is 2.57. The summed E-state index contributed by atoms with van der Waals surface area (Å²) in [7, 11) is -3.34. The predicted octanol–water partition coefficient (Wildman–Crippen LogP) is 2.09. The summed E-state index contributed by atoms with van der Waals surface area (Å²) in [5, 5.41) is 3.79. The van der Waals surface area contributed by atoms with Gasteiger partial charge in [0.05, 0.1) is 0 Å². The zero-order valence-electron chi connectivity index (χ0n) is 11.4. The van der Waals surface area contributed by atoms with Crippen molar-refractivity contribution in [2.45, 2.75) is 24.0 Å². The van der Waals surface area contributed by atoms with Crippen molar-refractivity contribution in [3.63, 3.8) is 0 Å². The molecule has 1 unspecified atom stereocenters. The molecule has 7 nitrogen and oxygen atoms in total. The molecule has 8 heteroatoms. The second-order valence-corrected chi connectivity index (χ2v) is 6.70. The number of hydrogen-bond acceptors (Lipinski definition) is 7. The number of aromatic nitrogens is 2. The summed E-state index contributed by atoms with van der Waals surface area (Å²) in [6.07, 6.45) is 6.00. The lowest BCUT2D eigenvalue weighted by Gasteiger charge is -2.00. The molecule has 1 aliphatic rings. The van der Waals surface area contributed by atoms with E-state index in [4.69, 9.17) is 13.7 Å². The molecule has 0 radical (unpaired) electrons. The maximum atomic E-state index is 11.3. The summed E-state index contributed by atoms with van der Waals surface area (Å²) < 4.78 is 38.3. The van der Waals surface area contributed by atoms with Gasteiger partial charge in [-0.25, -0.2) is 8.42 Å². The molecule has 3 rings (SSSR count). The van der Waals surface area contributed by atoms with Gasteiger partial charge < -0.3 is 13.7 Å². The first-order valence-electron chi connectivity index (χ1n) is 6.45. The van der Waals surface area contributed by atoms with Gasteiger partial charge >= 0.3 is 0 Å². The first-order chi connectivity index (χ1) is 10.0. The molecule has 0 saturated carbocycles. The standard InChI is InChI=1S/C13H14N2O5S/c1-21(16,17)12-7-5-9(19-12)4-6-11-14-13(15-20-11)10-3-2-8-18-10/h4-7,10H,2-3,8H2,1H3/b6-4+. The quantitative estimate of drug-likeness (QED) is 0.853. The molecule has 1 saturated heterocycles. The highest BCUT2D eigenvalue weighted by atomic mass is 32.2. The van der Waals surface area contributed by atoms with Crippen LogP contribution in [0.25, 0.3) is 12.2 Å². The van der Waals surface area contributed by atoms with Crippen LogP contribution in [0, 0.1) is 0 Å². The lowest BCUT2D eigenvalue weighted by Crippen LogP contribution is -1.97. The third kappa shape index (κ3) is 3.22. The van der Waals surface area contributed by atoms with E-state index < -0.39 is 9.84 Å². The Morgan fingerprint density at radius 3 is 2.86 bits per heavy atom. The Morgan fingerprint density at radius 1 is 1.33 bits per heavy atom. The van der Waals surface area contributed by atoms with Gasteiger partial charge in [0.2, 0.25) is 20.8 Å². The van der Waals surface area contributed by atoms with Crippen molar-refractivity contribution in [3.8, 4) is 0 Å². The van der Waals surface area contributed by atoms with Crippen LogP contribution in [0.5, 0.6) is 0 Å². The molecule has 112 valence electrons. The molecule has 0 aliphatic carbocycles. The smallest absolute Gasteiger partial charge is 0.250 e. The van der Waals surface area contributed by atoms with Gasteiger partial charge in [-0.05, 0) is 31.1 Å². The molecule has 2 aromatic heterocycles. The van der Waals surface area contributed by atoms with E-state index in [0.29, 0.717) is 24.1 Å². The number of sulfone groups is 1. The van der Waals surface area contributed by atoms with Gasteiger partial charge in [-0.2, -0.15) is 4.98 Å². The number of ether oxygens (including phenoxy) is 1. The molecule has 0 bridgehead atoms. The van der Waals surface area contributed by atoms with Crippen LogP contribution in [-0.4, -0.2) is 31.4 Å². The van der Waals surface area contributed by atoms with E-state index in [-0.39, 0.29) is 11.2 Å². The van der Waals surface area contributed by atoms with E-state index >= 15 is 0 Å². The summed E-state index contributed by atoms with van der Waals surface area (Å²) in [6, 6.07) is 2.96. The average molecular weight is 310 g/mol. The van der Waals surface area contributed by atoms with Crippen LogP contribution in [0.15, 0.2) is 26.2 Å². The van der Waals surface area contributed by atoms with Crippen LogP contribution in [0.2, 0.25) is 0 Å². The summed E-state index contributed by atoms with van der Waals surface area (Å²) in [6.45, 7) is 0.713. The topological polar surface area (TPSA) is 95.4 Å². The largest absolute Gasteiger partial charge is 0.445 e. The molecule has 0 N–H and O–H groups in total. The number of rotatable bonds is 4. The van der Waals surface area contributed by atoms with Crippen molar-refractivity contribution in [2.24, 2.45) is 0 Å². The van der Waals surface area contributed by atoms with E-state index in [1.54, 1.807) is 18.2 Å². The molecule has 3 heterocycles. The number of hydrogen-bond donors (Lipinski definition) is 0. The van der Waals surface area contributed by atoms with Crippen LogP contribution in [0.4, 0.5) is 0 Å². The van der Waals surface area contributed by atoms with Crippen molar-refractivity contribution in [1.29, 1.82) is 0 Å². The maximum Gasteiger partial charge on any atom is 0.250 e. The first kappa shape index (κ1) is 14.0. The Morgan fingerprint density at radius 2 is 2.19 bits per heavy atom. The maximum absolute atomic E-state index is 11.3. The highest BCUT2D eigenvalue weighted by Gasteiger charge is 2.22. The minimum atomic E-state index is -3.34. The highest BCUT2D eigenvalue weighted by molar-refractivity contribution is 7.90. The molecule has 21 heavy (non-hydrogen) atoms. The monoisotopic (exact) mass is 310 g/mol. The molecule has 1 fully saturated rings. The lowest BCUT2D eigenvalue weighted by molar-refractivity contribution is 0.103. The number of furan rings is 1. The summed E-state index contributed by atoms with van der Waals surface area (Å²) in [5.41, 5.74) is 0. The van der Waals surface area contributed by atoms with E-state index in [0.717, 1.165) is 19.1 Å². The van der Waals surface area contributed by atoms with Gasteiger partial charge in [0.15, 0.2) is 0 Å². The van der Waals surface area contributed by atoms with Crippen molar-refractivity contribution in [2.75, 3.05) is 12.9 Å². The second-order valence-electron chi connectivity index (χ2n) is 4.75. The van der Waals surface area contributed by atoms with Gasteiger partial charge in [-0.3, -0.25) is 0 Å². The minimum absolute atomic E-state index is 0.0762. The van der Waals surface area contributed by atoms with Gasteiger partial charge in [0.1, 0.15) is 11.9 Å². The predicted molar refractivity (Wildman–Crippen MR) is 73.0 cm³/mol. The van der Waals surface area contributed by atoms with Crippen LogP contribution in [-0.2, 0) is 14.6 Å². The van der Waals surface area contributed by atoms with Crippen molar-refractivity contribution in [1.82, 2.24) is 10.1 Å². The molecule has 2 aromatic rings. The summed E-state index contributed by atoms with van der Waals surface area (Å²) >= 11 is 0. The van der Waals surface area contributed by atoms with Crippen molar-refractivity contribution in [3.05, 3.63) is 29.6 Å². The molecule has 0 spiro atoms. The van der Waals surface area contributed by atoms with Crippen LogP contribution < -0.4 is 0 Å². The second kappa shape index (κ2) is 5.45. The molecule has 1 aliphatic heterocycles. The Bertz CT molecular complexity index is 753. The molecule has 0 aromatic carbocycles. The van der Waals surface area contributed by atoms with E-state index in [9.17, 15) is 8.42 Å². The van der Waals surface area contributed by atoms with Gasteiger partial charge in [-0.1, -0.05) is 5.16 Å². The highest BCUT2D eigenvalue weighted by Crippen LogP contribution is 2.26. The third-order valence-corrected chi connectivity index (χ3v) is 3.98. The zero-order chi connectivity index (χ0) is 14.9. The van der Waals surface area contributed by atoms with Crippen LogP contribution in [0.1, 0.15) is 36.4 Å². The first-order valence-corrected chi connectivity index (χ1v) is 8.35. The molecule has 1 atom stereocenters. The fourth-order valence-electron chi connectivity index (χ4n) is 2.00. The molecular weight excluding hydrogens is 296 g/mol. The van der Waals surface area contributed by atoms with Crippen LogP contribution >= 0.6 is 0 Å². The Kier molecular flexibility index (Phi) is 3.64. The zero-order valence-corrected chi connectivity index (χ0v) is 12.2. The van der Waals surface area contributed by atoms with Gasteiger partial charge in [0.25, 0.3) is 5.89 Å². The Balaban J connectivity index is 1.72. The van der Waals surface area contributed by atoms with Crippen molar-refractivity contribution < 1.29 is 22.1 Å². The lowest BCUT2D eigenvalue weighted by atomic mass is 10.2. The van der Waals surface area contributed by atoms with E-state index in [1.807, 2.05) is 0 Å². The van der Waals surface area contributed by atoms with Crippen LogP contribution in [0.3, 0.4) is 0 Å². The van der Waals surface area contributed by atoms with Gasteiger partial charge in [-0.15, -0.1) is 0 Å². The summed E-state index contributed by atoms with van der Waals surface area (Å²) in [4.78, 5) is 4.21. The number of nitrogens with zero attached hydrogens (tertiary/aromatic N) is 2. The summed E-state index contributed by atoms with van der Waals surface area (Å²) in [5.74, 6) is 1.24. The van der Waals surface area contributed by atoms with Gasteiger partial charge in [0, 0.05) is 18.9 Å². The normalized spacial score (nSPS) is 19.6. The molecule has 0 amide bonds. The fraction of sp³-hybridized carbons (Fsp3) is 0.385.